The van der Waals surface area contributed by atoms with Crippen molar-refractivity contribution in [1.82, 2.24) is 19.9 Å². The Morgan fingerprint density at radius 3 is 2.77 bits per heavy atom. The van der Waals surface area contributed by atoms with Crippen molar-refractivity contribution in [3.63, 3.8) is 0 Å². The highest BCUT2D eigenvalue weighted by atomic mass is 16.6. The van der Waals surface area contributed by atoms with E-state index in [-0.39, 0.29) is 11.2 Å². The largest absolute Gasteiger partial charge is 0.355 e. The van der Waals surface area contributed by atoms with Gasteiger partial charge in [0, 0.05) is 18.7 Å². The molecule has 22 heavy (non-hydrogen) atoms. The van der Waals surface area contributed by atoms with E-state index in [1.54, 1.807) is 12.1 Å². The Morgan fingerprint density at radius 2 is 2.05 bits per heavy atom. The summed E-state index contributed by atoms with van der Waals surface area (Å²) in [6.45, 7) is 0.524. The minimum atomic E-state index is -0.435. The number of nitrogens with one attached hydrogen (secondary N) is 3. The Hall–Kier alpha value is -3.23. The van der Waals surface area contributed by atoms with Crippen molar-refractivity contribution in [3.05, 3.63) is 56.6 Å². The topological polar surface area (TPSA) is 130 Å². The van der Waals surface area contributed by atoms with Crippen molar-refractivity contribution >= 4 is 22.8 Å². The number of non-ortho nitro benzene ring substituents is 1. The molecule has 0 aliphatic heterocycles. The van der Waals surface area contributed by atoms with Gasteiger partial charge in [-0.25, -0.2) is 4.98 Å². The summed E-state index contributed by atoms with van der Waals surface area (Å²) >= 11 is 0. The number of rotatable bonds is 5. The van der Waals surface area contributed by atoms with Crippen molar-refractivity contribution in [2.45, 2.75) is 6.42 Å². The maximum Gasteiger partial charge on any atom is 0.278 e. The molecule has 2 heterocycles. The van der Waals surface area contributed by atoms with E-state index in [9.17, 15) is 14.9 Å². The average Bonchev–Trinajstić information content (AvgIpc) is 2.97. The number of aromatic amines is 2. The van der Waals surface area contributed by atoms with Crippen molar-refractivity contribution < 1.29 is 4.92 Å². The Labute approximate surface area is 123 Å². The lowest BCUT2D eigenvalue weighted by molar-refractivity contribution is -0.384. The monoisotopic (exact) mass is 300 g/mol. The molecule has 2 aromatic heterocycles. The van der Waals surface area contributed by atoms with Crippen LogP contribution in [0.25, 0.3) is 11.2 Å². The summed E-state index contributed by atoms with van der Waals surface area (Å²) in [5.41, 5.74) is 1.40. The predicted molar refractivity (Wildman–Crippen MR) is 79.8 cm³/mol. The lowest BCUT2D eigenvalue weighted by Crippen LogP contribution is -2.15. The first-order valence-corrected chi connectivity index (χ1v) is 6.54. The summed E-state index contributed by atoms with van der Waals surface area (Å²) < 4.78 is 0. The number of hydrogen-bond donors (Lipinski definition) is 3. The fourth-order valence-corrected chi connectivity index (χ4v) is 2.04. The zero-order valence-corrected chi connectivity index (χ0v) is 11.4. The summed E-state index contributed by atoms with van der Waals surface area (Å²) in [6, 6.07) is 6.33. The number of nitro groups is 1. The Kier molecular flexibility index (Phi) is 3.52. The van der Waals surface area contributed by atoms with E-state index in [1.807, 2.05) is 0 Å². The van der Waals surface area contributed by atoms with Crippen molar-refractivity contribution in [2.75, 3.05) is 11.9 Å². The van der Waals surface area contributed by atoms with Crippen LogP contribution in [0.5, 0.6) is 0 Å². The Morgan fingerprint density at radius 1 is 1.27 bits per heavy atom. The molecule has 0 atom stereocenters. The van der Waals surface area contributed by atoms with Crippen molar-refractivity contribution in [2.24, 2.45) is 0 Å². The molecule has 0 amide bonds. The first-order valence-electron chi connectivity index (χ1n) is 6.54. The number of nitro benzene ring substituents is 1. The zero-order chi connectivity index (χ0) is 15.5. The van der Waals surface area contributed by atoms with Gasteiger partial charge in [-0.2, -0.15) is 4.98 Å². The normalized spacial score (nSPS) is 10.7. The number of imidazole rings is 1. The fraction of sp³-hybridized carbons (Fsp3) is 0.154. The number of fused-ring (bicyclic) bond motifs is 1. The molecular weight excluding hydrogens is 288 g/mol. The highest BCUT2D eigenvalue weighted by molar-refractivity contribution is 5.69. The number of hydrogen-bond acceptors (Lipinski definition) is 6. The molecule has 3 N–H and O–H groups in total. The Balaban J connectivity index is 1.64. The number of nitrogens with zero attached hydrogens (tertiary/aromatic N) is 3. The van der Waals surface area contributed by atoms with Gasteiger partial charge in [0.1, 0.15) is 0 Å². The molecule has 0 unspecified atom stereocenters. The molecule has 9 heteroatoms. The second-order valence-corrected chi connectivity index (χ2v) is 4.62. The van der Waals surface area contributed by atoms with Gasteiger partial charge >= 0.3 is 0 Å². The first-order chi connectivity index (χ1) is 10.6. The van der Waals surface area contributed by atoms with E-state index in [1.165, 1.54) is 18.5 Å². The number of benzene rings is 1. The Bertz CT molecular complexity index is 867. The smallest absolute Gasteiger partial charge is 0.278 e. The number of H-pyrrole nitrogens is 2. The lowest BCUT2D eigenvalue weighted by Gasteiger charge is -2.05. The zero-order valence-electron chi connectivity index (χ0n) is 11.4. The van der Waals surface area contributed by atoms with Crippen molar-refractivity contribution in [1.29, 1.82) is 0 Å². The SMILES string of the molecule is O=c1[nH]c(NCCc2ccc([N+](=O)[O-])cc2)nc2nc[nH]c12. The molecule has 3 rings (SSSR count). The number of aromatic nitrogens is 4. The summed E-state index contributed by atoms with van der Waals surface area (Å²) in [7, 11) is 0. The van der Waals surface area contributed by atoms with Crippen LogP contribution in [0.15, 0.2) is 35.4 Å². The third-order valence-electron chi connectivity index (χ3n) is 3.15. The summed E-state index contributed by atoms with van der Waals surface area (Å²) in [5.74, 6) is 0.339. The van der Waals surface area contributed by atoms with Crippen LogP contribution in [0.2, 0.25) is 0 Å². The van der Waals surface area contributed by atoms with Crippen LogP contribution in [0.4, 0.5) is 11.6 Å². The standard InChI is InChI=1S/C13H12N6O3/c20-12-10-11(16-7-15-10)17-13(18-12)14-6-5-8-1-3-9(4-2-8)19(21)22/h1-4,7H,5-6H2,(H3,14,15,16,17,18,20). The summed E-state index contributed by atoms with van der Waals surface area (Å²) in [4.78, 5) is 35.3. The van der Waals surface area contributed by atoms with Crippen LogP contribution < -0.4 is 10.9 Å². The molecule has 0 spiro atoms. The van der Waals surface area contributed by atoms with Crippen LogP contribution in [0, 0.1) is 10.1 Å². The molecule has 0 saturated carbocycles. The molecule has 3 aromatic rings. The van der Waals surface area contributed by atoms with Crippen LogP contribution in [0.3, 0.4) is 0 Å². The van der Waals surface area contributed by atoms with Crippen LogP contribution in [-0.4, -0.2) is 31.4 Å². The van der Waals surface area contributed by atoms with E-state index in [4.69, 9.17) is 0 Å². The van der Waals surface area contributed by atoms with E-state index >= 15 is 0 Å². The molecule has 0 aliphatic rings. The third-order valence-corrected chi connectivity index (χ3v) is 3.15. The quantitative estimate of drug-likeness (QED) is 0.479. The first kappa shape index (κ1) is 13.7. The molecule has 1 aromatic carbocycles. The van der Waals surface area contributed by atoms with Gasteiger partial charge < -0.3 is 10.3 Å². The highest BCUT2D eigenvalue weighted by Crippen LogP contribution is 2.12. The van der Waals surface area contributed by atoms with Gasteiger partial charge in [-0.05, 0) is 12.0 Å². The van der Waals surface area contributed by atoms with Gasteiger partial charge in [0.2, 0.25) is 5.95 Å². The van der Waals surface area contributed by atoms with E-state index in [0.717, 1.165) is 5.56 Å². The molecule has 112 valence electrons. The average molecular weight is 300 g/mol. The molecule has 0 bridgehead atoms. The van der Waals surface area contributed by atoms with Gasteiger partial charge in [0.05, 0.1) is 11.3 Å². The molecular formula is C13H12N6O3. The van der Waals surface area contributed by atoms with E-state index < -0.39 is 4.92 Å². The summed E-state index contributed by atoms with van der Waals surface area (Å²) in [5, 5.41) is 13.6. The van der Waals surface area contributed by atoms with Gasteiger partial charge in [0.25, 0.3) is 11.2 Å². The highest BCUT2D eigenvalue weighted by Gasteiger charge is 2.06. The lowest BCUT2D eigenvalue weighted by atomic mass is 10.1. The fourth-order valence-electron chi connectivity index (χ4n) is 2.04. The maximum atomic E-state index is 11.7. The van der Waals surface area contributed by atoms with Crippen molar-refractivity contribution in [3.8, 4) is 0 Å². The maximum absolute atomic E-state index is 11.7. The minimum absolute atomic E-state index is 0.0617. The van der Waals surface area contributed by atoms with E-state index in [2.05, 4.69) is 25.3 Å². The van der Waals surface area contributed by atoms with Gasteiger partial charge in [-0.15, -0.1) is 0 Å². The summed E-state index contributed by atoms with van der Waals surface area (Å²) in [6.07, 6.45) is 2.05. The second-order valence-electron chi connectivity index (χ2n) is 4.62. The van der Waals surface area contributed by atoms with Gasteiger partial charge in [0.15, 0.2) is 11.2 Å². The van der Waals surface area contributed by atoms with Crippen LogP contribution in [0.1, 0.15) is 5.56 Å². The predicted octanol–water partition coefficient (Wildman–Crippen LogP) is 1.21. The molecule has 9 nitrogen and oxygen atoms in total. The minimum Gasteiger partial charge on any atom is -0.355 e. The molecule has 0 fully saturated rings. The second kappa shape index (κ2) is 5.64. The van der Waals surface area contributed by atoms with Crippen LogP contribution >= 0.6 is 0 Å². The van der Waals surface area contributed by atoms with E-state index in [0.29, 0.717) is 30.1 Å². The van der Waals surface area contributed by atoms with Gasteiger partial charge in [-0.1, -0.05) is 12.1 Å². The number of anilines is 1. The van der Waals surface area contributed by atoms with Gasteiger partial charge in [-0.3, -0.25) is 19.9 Å². The molecule has 0 radical (unpaired) electrons. The third kappa shape index (κ3) is 2.77. The molecule has 0 aliphatic carbocycles. The molecule has 0 saturated heterocycles. The van der Waals surface area contributed by atoms with Crippen LogP contribution in [-0.2, 0) is 6.42 Å².